The Morgan fingerprint density at radius 3 is 2.78 bits per heavy atom. The zero-order valence-corrected chi connectivity index (χ0v) is 9.85. The summed E-state index contributed by atoms with van der Waals surface area (Å²) < 4.78 is 5.24. The highest BCUT2D eigenvalue weighted by molar-refractivity contribution is 5.92. The van der Waals surface area contributed by atoms with Crippen LogP contribution in [0, 0.1) is 0 Å². The number of furan rings is 1. The Kier molecular flexibility index (Phi) is 2.68. The van der Waals surface area contributed by atoms with Crippen LogP contribution in [0.2, 0.25) is 0 Å². The van der Waals surface area contributed by atoms with E-state index in [9.17, 15) is 4.79 Å². The lowest BCUT2D eigenvalue weighted by Gasteiger charge is -2.29. The molecule has 0 radical (unpaired) electrons. The van der Waals surface area contributed by atoms with Gasteiger partial charge >= 0.3 is 5.97 Å². The third-order valence-corrected chi connectivity index (χ3v) is 3.19. The fourth-order valence-corrected chi connectivity index (χ4v) is 2.26. The van der Waals surface area contributed by atoms with Crippen molar-refractivity contribution in [3.8, 4) is 0 Å². The van der Waals surface area contributed by atoms with Gasteiger partial charge in [0.2, 0.25) is 5.76 Å². The second kappa shape index (κ2) is 4.34. The maximum absolute atomic E-state index is 10.8. The van der Waals surface area contributed by atoms with Gasteiger partial charge in [0.25, 0.3) is 0 Å². The van der Waals surface area contributed by atoms with Gasteiger partial charge in [-0.25, -0.2) is 4.79 Å². The summed E-state index contributed by atoms with van der Waals surface area (Å²) >= 11 is 0. The minimum Gasteiger partial charge on any atom is -0.475 e. The van der Waals surface area contributed by atoms with Crippen molar-refractivity contribution in [3.63, 3.8) is 0 Å². The van der Waals surface area contributed by atoms with Crippen molar-refractivity contribution < 1.29 is 14.3 Å². The van der Waals surface area contributed by atoms with Crippen molar-refractivity contribution in [3.05, 3.63) is 30.0 Å². The van der Waals surface area contributed by atoms with Crippen LogP contribution in [0.15, 0.2) is 28.7 Å². The predicted octanol–water partition coefficient (Wildman–Crippen LogP) is 1.54. The summed E-state index contributed by atoms with van der Waals surface area (Å²) in [6.07, 6.45) is 0. The third kappa shape index (κ3) is 1.93. The number of rotatable bonds is 2. The van der Waals surface area contributed by atoms with Gasteiger partial charge in [-0.05, 0) is 24.3 Å². The number of benzene rings is 1. The highest BCUT2D eigenvalue weighted by Crippen LogP contribution is 2.25. The van der Waals surface area contributed by atoms with Gasteiger partial charge in [-0.3, -0.25) is 0 Å². The number of anilines is 1. The number of hydrogen-bond donors (Lipinski definition) is 2. The Bertz CT molecular complexity index is 585. The fourth-order valence-electron chi connectivity index (χ4n) is 2.26. The van der Waals surface area contributed by atoms with Crippen molar-refractivity contribution in [2.24, 2.45) is 0 Å². The molecule has 1 aromatic carbocycles. The Labute approximate surface area is 104 Å². The first-order valence-corrected chi connectivity index (χ1v) is 5.96. The smallest absolute Gasteiger partial charge is 0.371 e. The van der Waals surface area contributed by atoms with Crippen LogP contribution in [-0.4, -0.2) is 37.3 Å². The summed E-state index contributed by atoms with van der Waals surface area (Å²) in [5.41, 5.74) is 1.73. The predicted molar refractivity (Wildman–Crippen MR) is 68.3 cm³/mol. The molecule has 0 bridgehead atoms. The Hall–Kier alpha value is -2.01. The van der Waals surface area contributed by atoms with E-state index in [1.165, 1.54) is 0 Å². The molecule has 94 valence electrons. The average Bonchev–Trinajstić information content (AvgIpc) is 2.82. The molecule has 5 nitrogen and oxygen atoms in total. The molecule has 2 N–H and O–H groups in total. The molecule has 5 heteroatoms. The molecule has 2 heterocycles. The summed E-state index contributed by atoms with van der Waals surface area (Å²) in [4.78, 5) is 13.1. The van der Waals surface area contributed by atoms with Gasteiger partial charge in [0.05, 0.1) is 0 Å². The van der Waals surface area contributed by atoms with Crippen LogP contribution in [-0.2, 0) is 0 Å². The number of hydrogen-bond acceptors (Lipinski definition) is 4. The molecule has 0 aliphatic carbocycles. The van der Waals surface area contributed by atoms with Crippen LogP contribution < -0.4 is 10.2 Å². The van der Waals surface area contributed by atoms with Gasteiger partial charge in [-0.2, -0.15) is 0 Å². The van der Waals surface area contributed by atoms with Crippen molar-refractivity contribution in [2.75, 3.05) is 31.1 Å². The number of piperazine rings is 1. The molecule has 18 heavy (non-hydrogen) atoms. The number of carboxylic acid groups (broad SMARTS) is 1. The molecule has 3 rings (SSSR count). The van der Waals surface area contributed by atoms with Crippen molar-refractivity contribution in [2.45, 2.75) is 0 Å². The van der Waals surface area contributed by atoms with Gasteiger partial charge in [0.1, 0.15) is 5.58 Å². The number of carboxylic acids is 1. The van der Waals surface area contributed by atoms with Gasteiger partial charge in [-0.15, -0.1) is 0 Å². The van der Waals surface area contributed by atoms with Gasteiger partial charge in [0.15, 0.2) is 0 Å². The fraction of sp³-hybridized carbons (Fsp3) is 0.308. The first-order chi connectivity index (χ1) is 8.74. The van der Waals surface area contributed by atoms with Crippen molar-refractivity contribution in [1.82, 2.24) is 5.32 Å². The van der Waals surface area contributed by atoms with E-state index in [2.05, 4.69) is 10.2 Å². The molecule has 0 amide bonds. The largest absolute Gasteiger partial charge is 0.475 e. The molecule has 1 aliphatic rings. The summed E-state index contributed by atoms with van der Waals surface area (Å²) in [7, 11) is 0. The molecule has 1 aliphatic heterocycles. The molecular weight excluding hydrogens is 232 g/mol. The highest BCUT2D eigenvalue weighted by Gasteiger charge is 2.14. The Morgan fingerprint density at radius 2 is 2.06 bits per heavy atom. The van der Waals surface area contributed by atoms with Gasteiger partial charge in [-0.1, -0.05) is 0 Å². The standard InChI is InChI=1S/C13H14N2O3/c16-13(17)12-8-9-7-10(1-2-11(9)18-12)15-5-3-14-4-6-15/h1-2,7-8,14H,3-6H2,(H,16,17). The number of aromatic carboxylic acids is 1. The average molecular weight is 246 g/mol. The molecule has 0 spiro atoms. The maximum Gasteiger partial charge on any atom is 0.371 e. The van der Waals surface area contributed by atoms with E-state index >= 15 is 0 Å². The molecule has 1 aromatic heterocycles. The van der Waals surface area contributed by atoms with E-state index in [4.69, 9.17) is 9.52 Å². The van der Waals surface area contributed by atoms with Crippen LogP contribution in [0.25, 0.3) is 11.0 Å². The molecular formula is C13H14N2O3. The van der Waals surface area contributed by atoms with Crippen molar-refractivity contribution >= 4 is 22.6 Å². The van der Waals surface area contributed by atoms with Crippen LogP contribution >= 0.6 is 0 Å². The quantitative estimate of drug-likeness (QED) is 0.841. The van der Waals surface area contributed by atoms with Gasteiger partial charge in [0, 0.05) is 37.3 Å². The van der Waals surface area contributed by atoms with Crippen LogP contribution in [0.5, 0.6) is 0 Å². The van der Waals surface area contributed by atoms with E-state index in [0.29, 0.717) is 5.58 Å². The SMILES string of the molecule is O=C(O)c1cc2cc(N3CCNCC3)ccc2o1. The Balaban J connectivity index is 1.96. The minimum atomic E-state index is -1.03. The zero-order chi connectivity index (χ0) is 12.5. The molecule has 0 unspecified atom stereocenters. The topological polar surface area (TPSA) is 65.7 Å². The minimum absolute atomic E-state index is 0.0116. The Morgan fingerprint density at radius 1 is 1.28 bits per heavy atom. The summed E-state index contributed by atoms with van der Waals surface area (Å²) in [5.74, 6) is -1.04. The van der Waals surface area contributed by atoms with Crippen LogP contribution in [0.3, 0.4) is 0 Å². The summed E-state index contributed by atoms with van der Waals surface area (Å²) in [6.45, 7) is 3.89. The molecule has 2 aromatic rings. The number of fused-ring (bicyclic) bond motifs is 1. The maximum atomic E-state index is 10.8. The van der Waals surface area contributed by atoms with E-state index in [0.717, 1.165) is 37.3 Å². The van der Waals surface area contributed by atoms with E-state index in [1.54, 1.807) is 6.07 Å². The number of nitrogens with one attached hydrogen (secondary N) is 1. The highest BCUT2D eigenvalue weighted by atomic mass is 16.4. The van der Waals surface area contributed by atoms with E-state index < -0.39 is 5.97 Å². The number of nitrogens with zero attached hydrogens (tertiary/aromatic N) is 1. The molecule has 0 saturated carbocycles. The van der Waals surface area contributed by atoms with E-state index in [-0.39, 0.29) is 5.76 Å². The monoisotopic (exact) mass is 246 g/mol. The summed E-state index contributed by atoms with van der Waals surface area (Å²) in [6, 6.07) is 7.36. The van der Waals surface area contributed by atoms with Gasteiger partial charge < -0.3 is 19.7 Å². The lowest BCUT2D eigenvalue weighted by Crippen LogP contribution is -2.43. The van der Waals surface area contributed by atoms with Crippen LogP contribution in [0.1, 0.15) is 10.6 Å². The number of carbonyl (C=O) groups is 1. The lowest BCUT2D eigenvalue weighted by atomic mass is 10.2. The molecule has 1 fully saturated rings. The third-order valence-electron chi connectivity index (χ3n) is 3.19. The molecule has 0 atom stereocenters. The lowest BCUT2D eigenvalue weighted by molar-refractivity contribution is 0.0665. The van der Waals surface area contributed by atoms with Crippen LogP contribution in [0.4, 0.5) is 5.69 Å². The van der Waals surface area contributed by atoms with E-state index in [1.807, 2.05) is 18.2 Å². The summed E-state index contributed by atoms with van der Waals surface area (Å²) in [5, 5.41) is 13.0. The van der Waals surface area contributed by atoms with Crippen molar-refractivity contribution in [1.29, 1.82) is 0 Å². The zero-order valence-electron chi connectivity index (χ0n) is 9.85. The first kappa shape index (κ1) is 11.1. The second-order valence-electron chi connectivity index (χ2n) is 4.37. The normalized spacial score (nSPS) is 16.1. The molecule has 1 saturated heterocycles. The second-order valence-corrected chi connectivity index (χ2v) is 4.37. The first-order valence-electron chi connectivity index (χ1n) is 5.96.